The number of likely N-dealkylation sites (tertiary alicyclic amines) is 1. The Morgan fingerprint density at radius 3 is 2.88 bits per heavy atom. The highest BCUT2D eigenvalue weighted by Crippen LogP contribution is 2.39. The van der Waals surface area contributed by atoms with Crippen molar-refractivity contribution >= 4 is 17.5 Å². The van der Waals surface area contributed by atoms with Crippen LogP contribution in [0, 0.1) is 5.92 Å². The summed E-state index contributed by atoms with van der Waals surface area (Å²) in [4.78, 5) is 28.9. The number of rotatable bonds is 4. The molecule has 4 rings (SSSR count). The zero-order valence-electron chi connectivity index (χ0n) is 14.7. The predicted molar refractivity (Wildman–Crippen MR) is 97.6 cm³/mol. The molecule has 2 atom stereocenters. The van der Waals surface area contributed by atoms with Gasteiger partial charge in [0.15, 0.2) is 0 Å². The Balaban J connectivity index is 1.47. The van der Waals surface area contributed by atoms with Crippen molar-refractivity contribution in [3.63, 3.8) is 0 Å². The van der Waals surface area contributed by atoms with Crippen molar-refractivity contribution in [2.75, 3.05) is 37.6 Å². The number of carbonyl (C=O) groups excluding carboxylic acids is 2. The van der Waals surface area contributed by atoms with E-state index >= 15 is 0 Å². The maximum atomic E-state index is 13.0. The number of hydrogen-bond donors (Lipinski definition) is 1. The molecule has 25 heavy (non-hydrogen) atoms. The molecule has 1 N–H and O–H groups in total. The van der Waals surface area contributed by atoms with Crippen molar-refractivity contribution in [2.24, 2.45) is 5.92 Å². The van der Waals surface area contributed by atoms with E-state index in [0.29, 0.717) is 12.3 Å². The van der Waals surface area contributed by atoms with Crippen LogP contribution in [0.5, 0.6) is 0 Å². The molecule has 0 saturated carbocycles. The van der Waals surface area contributed by atoms with Crippen molar-refractivity contribution in [3.8, 4) is 0 Å². The Bertz CT molecular complexity index is 654. The van der Waals surface area contributed by atoms with Gasteiger partial charge in [-0.05, 0) is 43.9 Å². The molecule has 0 radical (unpaired) electrons. The summed E-state index contributed by atoms with van der Waals surface area (Å²) in [6.45, 7) is 4.28. The van der Waals surface area contributed by atoms with Crippen molar-refractivity contribution in [3.05, 3.63) is 29.8 Å². The highest BCUT2D eigenvalue weighted by Gasteiger charge is 2.36. The van der Waals surface area contributed by atoms with Crippen LogP contribution in [0.1, 0.15) is 43.6 Å². The molecule has 2 fully saturated rings. The number of para-hydroxylation sites is 1. The smallest absolute Gasteiger partial charge is 0.231 e. The van der Waals surface area contributed by atoms with Crippen molar-refractivity contribution in [1.29, 1.82) is 0 Å². The fourth-order valence-corrected chi connectivity index (χ4v) is 4.49. The molecular weight excluding hydrogens is 314 g/mol. The number of fused-ring (bicyclic) bond motifs is 1. The van der Waals surface area contributed by atoms with Gasteiger partial charge in [0.2, 0.25) is 11.8 Å². The Hall–Kier alpha value is -1.88. The number of piperidine rings is 1. The first-order chi connectivity index (χ1) is 12.2. The van der Waals surface area contributed by atoms with Crippen molar-refractivity contribution in [2.45, 2.75) is 38.0 Å². The highest BCUT2D eigenvalue weighted by atomic mass is 16.2. The van der Waals surface area contributed by atoms with E-state index in [1.54, 1.807) is 0 Å². The quantitative estimate of drug-likeness (QED) is 0.913. The summed E-state index contributed by atoms with van der Waals surface area (Å²) < 4.78 is 0. The van der Waals surface area contributed by atoms with Crippen LogP contribution in [0.3, 0.4) is 0 Å². The number of carbonyl (C=O) groups is 2. The van der Waals surface area contributed by atoms with E-state index in [9.17, 15) is 9.59 Å². The van der Waals surface area contributed by atoms with Gasteiger partial charge in [0, 0.05) is 44.2 Å². The van der Waals surface area contributed by atoms with Crippen LogP contribution in [0.15, 0.2) is 24.3 Å². The Morgan fingerprint density at radius 1 is 1.24 bits per heavy atom. The Morgan fingerprint density at radius 2 is 2.12 bits per heavy atom. The predicted octanol–water partition coefficient (Wildman–Crippen LogP) is 2.13. The first-order valence-electron chi connectivity index (χ1n) is 9.63. The zero-order valence-corrected chi connectivity index (χ0v) is 14.7. The molecule has 0 aliphatic carbocycles. The van der Waals surface area contributed by atoms with Gasteiger partial charge in [-0.2, -0.15) is 0 Å². The molecule has 0 unspecified atom stereocenters. The van der Waals surface area contributed by atoms with E-state index in [1.165, 1.54) is 5.56 Å². The van der Waals surface area contributed by atoms with Crippen LogP contribution in [0.25, 0.3) is 0 Å². The topological polar surface area (TPSA) is 52.7 Å². The number of nitrogens with zero attached hydrogens (tertiary/aromatic N) is 2. The Kier molecular flexibility index (Phi) is 4.75. The minimum Gasteiger partial charge on any atom is -0.343 e. The standard InChI is InChI=1S/C20H27N3O2/c24-19-8-4-11-22(19)12-9-16-14-23(18-7-2-1-6-17(16)18)20(25)15-5-3-10-21-13-15/h1-2,6-7,15-16,21H,3-5,8-14H2/t15-,16+/m0/s1. The molecule has 5 nitrogen and oxygen atoms in total. The van der Waals surface area contributed by atoms with E-state index in [-0.39, 0.29) is 17.7 Å². The first kappa shape index (κ1) is 16.6. The van der Waals surface area contributed by atoms with Gasteiger partial charge in [-0.1, -0.05) is 18.2 Å². The van der Waals surface area contributed by atoms with Gasteiger partial charge in [-0.15, -0.1) is 0 Å². The molecule has 0 bridgehead atoms. The maximum absolute atomic E-state index is 13.0. The minimum absolute atomic E-state index is 0.0979. The van der Waals surface area contributed by atoms with Gasteiger partial charge in [-0.3, -0.25) is 9.59 Å². The van der Waals surface area contributed by atoms with Gasteiger partial charge in [0.1, 0.15) is 0 Å². The van der Waals surface area contributed by atoms with E-state index in [0.717, 1.165) is 64.1 Å². The third kappa shape index (κ3) is 3.30. The van der Waals surface area contributed by atoms with Gasteiger partial charge >= 0.3 is 0 Å². The van der Waals surface area contributed by atoms with Crippen LogP contribution in [-0.4, -0.2) is 49.4 Å². The zero-order chi connectivity index (χ0) is 17.2. The van der Waals surface area contributed by atoms with E-state index in [4.69, 9.17) is 0 Å². The number of benzene rings is 1. The van der Waals surface area contributed by atoms with Crippen LogP contribution < -0.4 is 10.2 Å². The summed E-state index contributed by atoms with van der Waals surface area (Å²) in [5.41, 5.74) is 2.35. The van der Waals surface area contributed by atoms with Gasteiger partial charge in [-0.25, -0.2) is 0 Å². The van der Waals surface area contributed by atoms with Gasteiger partial charge < -0.3 is 15.1 Å². The summed E-state index contributed by atoms with van der Waals surface area (Å²) in [7, 11) is 0. The maximum Gasteiger partial charge on any atom is 0.231 e. The van der Waals surface area contributed by atoms with Crippen LogP contribution in [0.4, 0.5) is 5.69 Å². The molecule has 134 valence electrons. The van der Waals surface area contributed by atoms with Crippen LogP contribution in [-0.2, 0) is 9.59 Å². The number of anilines is 1. The van der Waals surface area contributed by atoms with Gasteiger partial charge in [0.05, 0.1) is 5.92 Å². The lowest BCUT2D eigenvalue weighted by Crippen LogP contribution is -2.42. The third-order valence-corrected chi connectivity index (χ3v) is 5.90. The molecule has 2 amide bonds. The second-order valence-electron chi connectivity index (χ2n) is 7.52. The third-order valence-electron chi connectivity index (χ3n) is 5.90. The molecule has 1 aromatic carbocycles. The summed E-state index contributed by atoms with van der Waals surface area (Å²) in [6.07, 6.45) is 4.68. The van der Waals surface area contributed by atoms with Crippen LogP contribution >= 0.6 is 0 Å². The summed E-state index contributed by atoms with van der Waals surface area (Å²) >= 11 is 0. The molecule has 2 saturated heterocycles. The average Bonchev–Trinajstić information content (AvgIpc) is 3.23. The SMILES string of the molecule is O=C1CCCN1CC[C@@H]1CN(C(=O)[C@H]2CCCNC2)c2ccccc21. The molecule has 5 heteroatoms. The first-order valence-corrected chi connectivity index (χ1v) is 9.63. The summed E-state index contributed by atoms with van der Waals surface area (Å²) in [6, 6.07) is 8.30. The summed E-state index contributed by atoms with van der Waals surface area (Å²) in [5, 5.41) is 3.35. The largest absolute Gasteiger partial charge is 0.343 e. The molecule has 0 aromatic heterocycles. The molecule has 1 aromatic rings. The lowest BCUT2D eigenvalue weighted by atomic mass is 9.97. The molecule has 3 aliphatic heterocycles. The monoisotopic (exact) mass is 341 g/mol. The molecule has 3 heterocycles. The normalized spacial score (nSPS) is 26.2. The second-order valence-corrected chi connectivity index (χ2v) is 7.52. The Labute approximate surface area is 149 Å². The van der Waals surface area contributed by atoms with E-state index in [2.05, 4.69) is 23.5 Å². The minimum atomic E-state index is 0.0979. The number of amides is 2. The van der Waals surface area contributed by atoms with Gasteiger partial charge in [0.25, 0.3) is 0 Å². The second kappa shape index (κ2) is 7.16. The molecule has 3 aliphatic rings. The molecule has 0 spiro atoms. The fourth-order valence-electron chi connectivity index (χ4n) is 4.49. The average molecular weight is 341 g/mol. The lowest BCUT2D eigenvalue weighted by molar-refractivity contribution is -0.128. The summed E-state index contributed by atoms with van der Waals surface area (Å²) in [5.74, 6) is 0.984. The van der Waals surface area contributed by atoms with E-state index in [1.807, 2.05) is 15.9 Å². The van der Waals surface area contributed by atoms with Crippen molar-refractivity contribution in [1.82, 2.24) is 10.2 Å². The fraction of sp³-hybridized carbons (Fsp3) is 0.600. The highest BCUT2D eigenvalue weighted by molar-refractivity contribution is 5.97. The molecular formula is C20H27N3O2. The van der Waals surface area contributed by atoms with E-state index < -0.39 is 0 Å². The number of hydrogen-bond acceptors (Lipinski definition) is 3. The van der Waals surface area contributed by atoms with Crippen LogP contribution in [0.2, 0.25) is 0 Å². The lowest BCUT2D eigenvalue weighted by Gasteiger charge is -2.27. The van der Waals surface area contributed by atoms with Crippen molar-refractivity contribution < 1.29 is 9.59 Å². The number of nitrogens with one attached hydrogen (secondary N) is 1.